The molecule has 6 heteroatoms. The van der Waals surface area contributed by atoms with Crippen LogP contribution in [0.2, 0.25) is 0 Å². The molecule has 0 unspecified atom stereocenters. The Bertz CT molecular complexity index is 359. The van der Waals surface area contributed by atoms with Gasteiger partial charge < -0.3 is 19.6 Å². The highest BCUT2D eigenvalue weighted by Crippen LogP contribution is 2.28. The van der Waals surface area contributed by atoms with E-state index in [-0.39, 0.29) is 11.7 Å². The molecule has 0 aromatic carbocycles. The van der Waals surface area contributed by atoms with E-state index in [1.165, 1.54) is 12.8 Å². The van der Waals surface area contributed by atoms with E-state index < -0.39 is 5.97 Å². The average molecular weight is 226 g/mol. The van der Waals surface area contributed by atoms with Crippen LogP contribution >= 0.6 is 0 Å². The predicted octanol–water partition coefficient (Wildman–Crippen LogP) is 1.21. The lowest BCUT2D eigenvalue weighted by molar-refractivity contribution is 0.0690. The number of aromatic carboxylic acids is 1. The molecule has 2 N–H and O–H groups in total. The van der Waals surface area contributed by atoms with Crippen molar-refractivity contribution in [2.24, 2.45) is 5.92 Å². The number of ether oxygens (including phenoxy) is 1. The van der Waals surface area contributed by atoms with Crippen LogP contribution in [0.25, 0.3) is 0 Å². The molecule has 0 aliphatic heterocycles. The molecule has 2 rings (SSSR count). The largest absolute Gasteiger partial charge is 0.476 e. The molecule has 0 radical (unpaired) electrons. The topological polar surface area (TPSA) is 84.6 Å². The summed E-state index contributed by atoms with van der Waals surface area (Å²) in [4.78, 5) is 14.2. The first-order valence-corrected chi connectivity index (χ1v) is 5.26. The Hall–Kier alpha value is -1.56. The maximum atomic E-state index is 10.5. The first-order chi connectivity index (χ1) is 7.75. The third-order valence-electron chi connectivity index (χ3n) is 2.30. The summed E-state index contributed by atoms with van der Waals surface area (Å²) < 4.78 is 10.3. The maximum Gasteiger partial charge on any atom is 0.357 e. The van der Waals surface area contributed by atoms with Crippen LogP contribution in [-0.2, 0) is 4.74 Å². The van der Waals surface area contributed by atoms with E-state index in [1.807, 2.05) is 0 Å². The summed E-state index contributed by atoms with van der Waals surface area (Å²) in [5.74, 6) is -0.345. The molecule has 1 fully saturated rings. The van der Waals surface area contributed by atoms with E-state index >= 15 is 0 Å². The highest BCUT2D eigenvalue weighted by Gasteiger charge is 2.20. The zero-order valence-electron chi connectivity index (χ0n) is 8.81. The lowest BCUT2D eigenvalue weighted by Crippen LogP contribution is -2.11. The summed E-state index contributed by atoms with van der Waals surface area (Å²) in [6.45, 7) is 1.95. The number of carbonyl (C=O) groups is 1. The van der Waals surface area contributed by atoms with Gasteiger partial charge in [0.05, 0.1) is 6.61 Å². The molecule has 1 heterocycles. The number of anilines is 1. The fraction of sp³-hybridized carbons (Fsp3) is 0.600. The molecule has 0 spiro atoms. The number of carboxylic acids is 1. The van der Waals surface area contributed by atoms with Gasteiger partial charge in [0, 0.05) is 13.2 Å². The van der Waals surface area contributed by atoms with Crippen molar-refractivity contribution in [3.05, 3.63) is 12.0 Å². The molecular weight excluding hydrogens is 212 g/mol. The minimum atomic E-state index is -1.10. The smallest absolute Gasteiger partial charge is 0.357 e. The molecule has 1 saturated carbocycles. The second-order valence-corrected chi connectivity index (χ2v) is 3.79. The number of hydrogen-bond acceptors (Lipinski definition) is 5. The van der Waals surface area contributed by atoms with Crippen LogP contribution in [0.3, 0.4) is 0 Å². The van der Waals surface area contributed by atoms with Gasteiger partial charge in [-0.3, -0.25) is 0 Å². The third kappa shape index (κ3) is 3.23. The van der Waals surface area contributed by atoms with Gasteiger partial charge in [-0.2, -0.15) is 4.98 Å². The van der Waals surface area contributed by atoms with Gasteiger partial charge in [-0.1, -0.05) is 0 Å². The second kappa shape index (κ2) is 4.98. The van der Waals surface area contributed by atoms with Crippen molar-refractivity contribution >= 4 is 12.0 Å². The normalized spacial score (nSPS) is 15.0. The number of oxazole rings is 1. The molecular formula is C10H14N2O4. The van der Waals surface area contributed by atoms with Gasteiger partial charge in [0.1, 0.15) is 6.26 Å². The number of carboxylic acid groups (broad SMARTS) is 1. The van der Waals surface area contributed by atoms with E-state index in [9.17, 15) is 4.79 Å². The SMILES string of the molecule is O=C(O)c1coc(NCCOCC2CC2)n1. The highest BCUT2D eigenvalue weighted by molar-refractivity contribution is 5.85. The number of hydrogen-bond donors (Lipinski definition) is 2. The Morgan fingerprint density at radius 1 is 1.69 bits per heavy atom. The zero-order chi connectivity index (χ0) is 11.4. The van der Waals surface area contributed by atoms with Crippen LogP contribution in [0, 0.1) is 5.92 Å². The van der Waals surface area contributed by atoms with Gasteiger partial charge in [-0.05, 0) is 18.8 Å². The highest BCUT2D eigenvalue weighted by atomic mass is 16.5. The molecule has 1 aromatic rings. The van der Waals surface area contributed by atoms with Crippen molar-refractivity contribution in [3.8, 4) is 0 Å². The van der Waals surface area contributed by atoms with E-state index in [0.29, 0.717) is 13.2 Å². The maximum absolute atomic E-state index is 10.5. The number of rotatable bonds is 7. The van der Waals surface area contributed by atoms with Gasteiger partial charge in [0.15, 0.2) is 5.69 Å². The molecule has 0 atom stereocenters. The van der Waals surface area contributed by atoms with Crippen molar-refractivity contribution < 1.29 is 19.1 Å². The van der Waals surface area contributed by atoms with E-state index in [1.54, 1.807) is 0 Å². The minimum Gasteiger partial charge on any atom is -0.476 e. The molecule has 1 aromatic heterocycles. The van der Waals surface area contributed by atoms with E-state index in [2.05, 4.69) is 10.3 Å². The van der Waals surface area contributed by atoms with Crippen LogP contribution in [0.1, 0.15) is 23.3 Å². The molecule has 16 heavy (non-hydrogen) atoms. The Morgan fingerprint density at radius 2 is 2.50 bits per heavy atom. The first kappa shape index (κ1) is 10.9. The average Bonchev–Trinajstić information content (AvgIpc) is 2.94. The van der Waals surface area contributed by atoms with Crippen LogP contribution < -0.4 is 5.32 Å². The molecule has 6 nitrogen and oxygen atoms in total. The summed E-state index contributed by atoms with van der Waals surface area (Å²) >= 11 is 0. The molecule has 0 bridgehead atoms. The Morgan fingerprint density at radius 3 is 3.12 bits per heavy atom. The monoisotopic (exact) mass is 226 g/mol. The van der Waals surface area contributed by atoms with Gasteiger partial charge >= 0.3 is 5.97 Å². The van der Waals surface area contributed by atoms with Crippen molar-refractivity contribution in [2.45, 2.75) is 12.8 Å². The summed E-state index contributed by atoms with van der Waals surface area (Å²) in [5.41, 5.74) is -0.0959. The lowest BCUT2D eigenvalue weighted by atomic mass is 10.5. The Kier molecular flexibility index (Phi) is 3.40. The Labute approximate surface area is 92.6 Å². The minimum absolute atomic E-state index is 0.0959. The quantitative estimate of drug-likeness (QED) is 0.680. The van der Waals surface area contributed by atoms with Crippen LogP contribution in [0.15, 0.2) is 10.7 Å². The number of aromatic nitrogens is 1. The van der Waals surface area contributed by atoms with Gasteiger partial charge in [-0.15, -0.1) is 0 Å². The second-order valence-electron chi connectivity index (χ2n) is 3.79. The molecule has 0 saturated heterocycles. The first-order valence-electron chi connectivity index (χ1n) is 5.26. The van der Waals surface area contributed by atoms with Crippen LogP contribution in [0.4, 0.5) is 6.01 Å². The fourth-order valence-corrected chi connectivity index (χ4v) is 1.22. The van der Waals surface area contributed by atoms with Crippen molar-refractivity contribution in [2.75, 3.05) is 25.1 Å². The van der Waals surface area contributed by atoms with Crippen molar-refractivity contribution in [1.82, 2.24) is 4.98 Å². The molecule has 1 aliphatic rings. The molecule has 88 valence electrons. The fourth-order valence-electron chi connectivity index (χ4n) is 1.22. The standard InChI is InChI=1S/C10H14N2O4/c13-9(14)8-6-16-10(12-8)11-3-4-15-5-7-1-2-7/h6-7H,1-5H2,(H,11,12)(H,13,14). The predicted molar refractivity (Wildman–Crippen MR) is 55.5 cm³/mol. The van der Waals surface area contributed by atoms with Crippen LogP contribution in [-0.4, -0.2) is 35.8 Å². The van der Waals surface area contributed by atoms with Crippen molar-refractivity contribution in [3.63, 3.8) is 0 Å². The van der Waals surface area contributed by atoms with Crippen molar-refractivity contribution in [1.29, 1.82) is 0 Å². The number of nitrogens with zero attached hydrogens (tertiary/aromatic N) is 1. The van der Waals surface area contributed by atoms with Crippen LogP contribution in [0.5, 0.6) is 0 Å². The molecule has 0 amide bonds. The van der Waals surface area contributed by atoms with Gasteiger partial charge in [-0.25, -0.2) is 4.79 Å². The third-order valence-corrected chi connectivity index (χ3v) is 2.30. The van der Waals surface area contributed by atoms with Gasteiger partial charge in [0.25, 0.3) is 6.01 Å². The Balaban J connectivity index is 1.62. The summed E-state index contributed by atoms with van der Waals surface area (Å²) in [5, 5.41) is 11.4. The molecule has 1 aliphatic carbocycles. The lowest BCUT2D eigenvalue weighted by Gasteiger charge is -2.02. The summed E-state index contributed by atoms with van der Waals surface area (Å²) in [6.07, 6.45) is 3.65. The van der Waals surface area contributed by atoms with Gasteiger partial charge in [0.2, 0.25) is 0 Å². The summed E-state index contributed by atoms with van der Waals surface area (Å²) in [6, 6.07) is 0.215. The van der Waals surface area contributed by atoms with E-state index in [4.69, 9.17) is 14.3 Å². The zero-order valence-corrected chi connectivity index (χ0v) is 8.81. The van der Waals surface area contributed by atoms with E-state index in [0.717, 1.165) is 18.8 Å². The number of nitrogens with one attached hydrogen (secondary N) is 1. The summed E-state index contributed by atoms with van der Waals surface area (Å²) in [7, 11) is 0.